The summed E-state index contributed by atoms with van der Waals surface area (Å²) in [4.78, 5) is 11.7. The van der Waals surface area contributed by atoms with E-state index in [2.05, 4.69) is 10.6 Å². The maximum absolute atomic E-state index is 13.4. The topological polar surface area (TPSA) is 41.1 Å². The van der Waals surface area contributed by atoms with Gasteiger partial charge in [-0.05, 0) is 31.5 Å². The molecule has 0 saturated carbocycles. The van der Waals surface area contributed by atoms with E-state index in [1.807, 2.05) is 0 Å². The molecule has 18 heavy (non-hydrogen) atoms. The first-order chi connectivity index (χ1) is 8.59. The maximum atomic E-state index is 13.4. The molecule has 0 radical (unpaired) electrons. The Morgan fingerprint density at radius 3 is 2.72 bits per heavy atom. The van der Waals surface area contributed by atoms with Crippen LogP contribution in [-0.4, -0.2) is 25.0 Å². The number of amides is 1. The normalized spacial score (nSPS) is 19.6. The molecule has 0 unspecified atom stereocenters. The van der Waals surface area contributed by atoms with Crippen molar-refractivity contribution in [2.75, 3.05) is 13.1 Å². The summed E-state index contributed by atoms with van der Waals surface area (Å²) in [5.74, 6) is -5.09. The molecule has 1 fully saturated rings. The molecule has 0 bridgehead atoms. The van der Waals surface area contributed by atoms with Crippen molar-refractivity contribution in [1.29, 1.82) is 0 Å². The van der Waals surface area contributed by atoms with Gasteiger partial charge in [-0.2, -0.15) is 0 Å². The number of carbonyl (C=O) groups is 1. The highest BCUT2D eigenvalue weighted by atomic mass is 19.2. The Labute approximate surface area is 102 Å². The summed E-state index contributed by atoms with van der Waals surface area (Å²) in [6.45, 7) is 1.48. The first-order valence-corrected chi connectivity index (χ1v) is 5.74. The molecule has 0 aliphatic carbocycles. The van der Waals surface area contributed by atoms with E-state index in [0.717, 1.165) is 31.5 Å². The van der Waals surface area contributed by atoms with Crippen LogP contribution in [0.4, 0.5) is 13.2 Å². The predicted molar refractivity (Wildman–Crippen MR) is 59.7 cm³/mol. The van der Waals surface area contributed by atoms with Gasteiger partial charge in [0.05, 0.1) is 5.56 Å². The quantitative estimate of drug-likeness (QED) is 0.791. The van der Waals surface area contributed by atoms with Crippen molar-refractivity contribution in [3.8, 4) is 0 Å². The van der Waals surface area contributed by atoms with Crippen LogP contribution in [0.5, 0.6) is 0 Å². The molecule has 1 heterocycles. The van der Waals surface area contributed by atoms with Crippen LogP contribution in [0.2, 0.25) is 0 Å². The second-order valence-electron chi connectivity index (χ2n) is 4.24. The number of nitrogens with one attached hydrogen (secondary N) is 2. The Morgan fingerprint density at radius 1 is 1.28 bits per heavy atom. The van der Waals surface area contributed by atoms with Gasteiger partial charge in [-0.25, -0.2) is 13.2 Å². The van der Waals surface area contributed by atoms with Crippen LogP contribution < -0.4 is 10.6 Å². The van der Waals surface area contributed by atoms with E-state index in [9.17, 15) is 18.0 Å². The van der Waals surface area contributed by atoms with Crippen molar-refractivity contribution in [3.05, 3.63) is 35.1 Å². The number of carbonyl (C=O) groups excluding carboxylic acids is 1. The molecule has 6 heteroatoms. The lowest BCUT2D eigenvalue weighted by Gasteiger charge is -2.23. The lowest BCUT2D eigenvalue weighted by molar-refractivity contribution is 0.0925. The van der Waals surface area contributed by atoms with Gasteiger partial charge in [-0.15, -0.1) is 0 Å². The standard InChI is InChI=1S/C12H13F3N2O/c13-9-4-3-8(10(14)11(9)15)12(18)17-7-2-1-5-16-6-7/h3-4,7,16H,1-2,5-6H2,(H,17,18)/t7-/m0/s1. The van der Waals surface area contributed by atoms with Gasteiger partial charge in [0.2, 0.25) is 0 Å². The third-order valence-electron chi connectivity index (χ3n) is 2.91. The van der Waals surface area contributed by atoms with Gasteiger partial charge < -0.3 is 10.6 Å². The molecule has 0 spiro atoms. The minimum absolute atomic E-state index is 0.112. The maximum Gasteiger partial charge on any atom is 0.254 e. The van der Waals surface area contributed by atoms with Crippen molar-refractivity contribution in [2.45, 2.75) is 18.9 Å². The third-order valence-corrected chi connectivity index (χ3v) is 2.91. The van der Waals surface area contributed by atoms with Crippen LogP contribution in [-0.2, 0) is 0 Å². The van der Waals surface area contributed by atoms with E-state index < -0.39 is 28.9 Å². The van der Waals surface area contributed by atoms with E-state index in [-0.39, 0.29) is 6.04 Å². The molecule has 1 atom stereocenters. The number of hydrogen-bond donors (Lipinski definition) is 2. The summed E-state index contributed by atoms with van der Waals surface area (Å²) in [7, 11) is 0. The highest BCUT2D eigenvalue weighted by Gasteiger charge is 2.21. The van der Waals surface area contributed by atoms with Crippen molar-refractivity contribution in [2.24, 2.45) is 0 Å². The molecule has 2 N–H and O–H groups in total. The number of hydrogen-bond acceptors (Lipinski definition) is 2. The van der Waals surface area contributed by atoms with Crippen LogP contribution in [0.15, 0.2) is 12.1 Å². The molecule has 98 valence electrons. The molecule has 2 rings (SSSR count). The van der Waals surface area contributed by atoms with Crippen molar-refractivity contribution >= 4 is 5.91 Å². The molecule has 1 amide bonds. The third kappa shape index (κ3) is 2.64. The fourth-order valence-corrected chi connectivity index (χ4v) is 1.94. The predicted octanol–water partition coefficient (Wildman–Crippen LogP) is 1.59. The van der Waals surface area contributed by atoms with Crippen molar-refractivity contribution in [1.82, 2.24) is 10.6 Å². The highest BCUT2D eigenvalue weighted by Crippen LogP contribution is 2.15. The first kappa shape index (κ1) is 12.9. The van der Waals surface area contributed by atoms with Crippen molar-refractivity contribution in [3.63, 3.8) is 0 Å². The van der Waals surface area contributed by atoms with Crippen LogP contribution >= 0.6 is 0 Å². The Morgan fingerprint density at radius 2 is 2.06 bits per heavy atom. The van der Waals surface area contributed by atoms with Gasteiger partial charge >= 0.3 is 0 Å². The average molecular weight is 258 g/mol. The molecule has 1 aromatic rings. The minimum atomic E-state index is -1.62. The van der Waals surface area contributed by atoms with Gasteiger partial charge in [-0.1, -0.05) is 0 Å². The molecule has 1 aliphatic rings. The number of rotatable bonds is 2. The average Bonchev–Trinajstić information content (AvgIpc) is 2.37. The molecule has 1 saturated heterocycles. The lowest BCUT2D eigenvalue weighted by atomic mass is 10.1. The first-order valence-electron chi connectivity index (χ1n) is 5.74. The van der Waals surface area contributed by atoms with E-state index in [4.69, 9.17) is 0 Å². The largest absolute Gasteiger partial charge is 0.348 e. The monoisotopic (exact) mass is 258 g/mol. The second-order valence-corrected chi connectivity index (χ2v) is 4.24. The van der Waals surface area contributed by atoms with Gasteiger partial charge in [0, 0.05) is 12.6 Å². The summed E-state index contributed by atoms with van der Waals surface area (Å²) < 4.78 is 39.1. The van der Waals surface area contributed by atoms with Gasteiger partial charge in [0.25, 0.3) is 5.91 Å². The Balaban J connectivity index is 2.11. The van der Waals surface area contributed by atoms with Gasteiger partial charge in [0.1, 0.15) is 0 Å². The van der Waals surface area contributed by atoms with E-state index in [1.54, 1.807) is 0 Å². The highest BCUT2D eigenvalue weighted by molar-refractivity contribution is 5.94. The van der Waals surface area contributed by atoms with Crippen LogP contribution in [0, 0.1) is 17.5 Å². The summed E-state index contributed by atoms with van der Waals surface area (Å²) in [5.41, 5.74) is -0.473. The molecule has 1 aromatic carbocycles. The Hall–Kier alpha value is -1.56. The van der Waals surface area contributed by atoms with E-state index in [1.165, 1.54) is 0 Å². The number of halogens is 3. The fourth-order valence-electron chi connectivity index (χ4n) is 1.94. The lowest BCUT2D eigenvalue weighted by Crippen LogP contribution is -2.45. The second kappa shape index (κ2) is 5.39. The fraction of sp³-hybridized carbons (Fsp3) is 0.417. The summed E-state index contributed by atoms with van der Waals surface area (Å²) in [6, 6.07) is 1.57. The Kier molecular flexibility index (Phi) is 3.86. The zero-order valence-electron chi connectivity index (χ0n) is 9.60. The minimum Gasteiger partial charge on any atom is -0.348 e. The van der Waals surface area contributed by atoms with E-state index in [0.29, 0.717) is 6.54 Å². The Bertz CT molecular complexity index is 459. The number of benzene rings is 1. The SMILES string of the molecule is O=C(N[C@H]1CCCNC1)c1ccc(F)c(F)c1F. The number of piperidine rings is 1. The van der Waals surface area contributed by atoms with Crippen LogP contribution in [0.1, 0.15) is 23.2 Å². The van der Waals surface area contributed by atoms with E-state index >= 15 is 0 Å². The zero-order valence-corrected chi connectivity index (χ0v) is 9.60. The van der Waals surface area contributed by atoms with Gasteiger partial charge in [0.15, 0.2) is 17.5 Å². The van der Waals surface area contributed by atoms with Crippen molar-refractivity contribution < 1.29 is 18.0 Å². The smallest absolute Gasteiger partial charge is 0.254 e. The molecular weight excluding hydrogens is 245 g/mol. The summed E-state index contributed by atoms with van der Waals surface area (Å²) in [5, 5.41) is 5.68. The molecule has 3 nitrogen and oxygen atoms in total. The van der Waals surface area contributed by atoms with Crippen LogP contribution in [0.3, 0.4) is 0 Å². The zero-order chi connectivity index (χ0) is 13.1. The van der Waals surface area contributed by atoms with Crippen LogP contribution in [0.25, 0.3) is 0 Å². The molecular formula is C12H13F3N2O. The van der Waals surface area contributed by atoms with Gasteiger partial charge in [-0.3, -0.25) is 4.79 Å². The summed E-state index contributed by atoms with van der Waals surface area (Å²) in [6.07, 6.45) is 1.69. The summed E-state index contributed by atoms with van der Waals surface area (Å²) >= 11 is 0. The molecule has 0 aromatic heterocycles. The molecule has 1 aliphatic heterocycles.